The molecule has 3 aliphatic rings. The molecule has 4 rings (SSSR count). The number of nitriles is 1. The Bertz CT molecular complexity index is 1180. The molecule has 3 N–H and O–H groups in total. The first kappa shape index (κ1) is 19.7. The van der Waals surface area contributed by atoms with Crippen LogP contribution in [-0.2, 0) is 14.8 Å². The molecule has 0 saturated carbocycles. The van der Waals surface area contributed by atoms with Crippen molar-refractivity contribution >= 4 is 22.0 Å². The molecular formula is C18H15FN5O5S. The second-order valence-electron chi connectivity index (χ2n) is 6.70. The van der Waals surface area contributed by atoms with Crippen molar-refractivity contribution in [1.82, 2.24) is 20.3 Å². The normalized spacial score (nSPS) is 21.4. The number of rotatable bonds is 3. The molecule has 155 valence electrons. The Morgan fingerprint density at radius 2 is 2.23 bits per heavy atom. The topological polar surface area (TPSA) is 141 Å². The van der Waals surface area contributed by atoms with Crippen molar-refractivity contribution in [2.75, 3.05) is 13.2 Å². The first-order valence-corrected chi connectivity index (χ1v) is 10.2. The van der Waals surface area contributed by atoms with Crippen molar-refractivity contribution in [2.24, 2.45) is 0 Å². The number of fused-ring (bicyclic) bond motifs is 2. The molecule has 12 heteroatoms. The Balaban J connectivity index is 1.54. The molecule has 30 heavy (non-hydrogen) atoms. The number of allylic oxidation sites excluding steroid dienone is 1. The Hall–Kier alpha value is -3.59. The number of hydrogen-bond acceptors (Lipinski definition) is 7. The van der Waals surface area contributed by atoms with Crippen LogP contribution in [0.3, 0.4) is 0 Å². The summed E-state index contributed by atoms with van der Waals surface area (Å²) in [5.74, 6) is -1.42. The van der Waals surface area contributed by atoms with E-state index >= 15 is 0 Å². The summed E-state index contributed by atoms with van der Waals surface area (Å²) in [5, 5.41) is 16.6. The summed E-state index contributed by atoms with van der Waals surface area (Å²) in [6.07, 6.45) is 1.40. The number of carbonyl (C=O) groups excluding carboxylic acids is 2. The van der Waals surface area contributed by atoms with E-state index in [1.807, 2.05) is 0 Å². The van der Waals surface area contributed by atoms with E-state index in [1.54, 1.807) is 6.07 Å². The summed E-state index contributed by atoms with van der Waals surface area (Å²) in [5.41, 5.74) is 0.539. The molecule has 1 radical (unpaired) electrons. The number of carbonyl (C=O) groups is 2. The molecule has 1 aromatic carbocycles. The van der Waals surface area contributed by atoms with Gasteiger partial charge in [0.1, 0.15) is 29.6 Å². The largest absolute Gasteiger partial charge is 0.491 e. The third kappa shape index (κ3) is 3.13. The van der Waals surface area contributed by atoms with E-state index in [0.717, 1.165) is 6.07 Å². The molecule has 0 unspecified atom stereocenters. The van der Waals surface area contributed by atoms with Crippen LogP contribution in [0.15, 0.2) is 34.5 Å². The number of halogens is 1. The van der Waals surface area contributed by atoms with Crippen molar-refractivity contribution in [3.05, 3.63) is 58.0 Å². The number of benzene rings is 1. The summed E-state index contributed by atoms with van der Waals surface area (Å²) in [6.45, 7) is 2.11. The number of dihydropyridines is 1. The highest BCUT2D eigenvalue weighted by atomic mass is 32.2. The number of amides is 3. The van der Waals surface area contributed by atoms with E-state index in [0.29, 0.717) is 10.0 Å². The van der Waals surface area contributed by atoms with Gasteiger partial charge in [-0.05, 0) is 25.1 Å². The highest BCUT2D eigenvalue weighted by Gasteiger charge is 2.42. The lowest BCUT2D eigenvalue weighted by Gasteiger charge is -2.33. The zero-order chi connectivity index (χ0) is 21.6. The van der Waals surface area contributed by atoms with Crippen LogP contribution in [0.1, 0.15) is 24.1 Å². The first-order valence-electron chi connectivity index (χ1n) is 8.73. The van der Waals surface area contributed by atoms with E-state index in [-0.39, 0.29) is 34.1 Å². The van der Waals surface area contributed by atoms with Crippen LogP contribution in [0, 0.1) is 23.7 Å². The number of nitrogens with zero attached hydrogens (tertiary/aromatic N) is 2. The minimum absolute atomic E-state index is 0.0593. The SMILES string of the molecule is CC1=C2C(=C[CH]N1)NC(=O)N(CC(=O)N[C@@H]1COc3cc(C#N)cc(F)c31)S2(=O)=O. The van der Waals surface area contributed by atoms with Crippen molar-refractivity contribution in [3.63, 3.8) is 0 Å². The fourth-order valence-electron chi connectivity index (χ4n) is 3.43. The lowest BCUT2D eigenvalue weighted by atomic mass is 10.1. The average molecular weight is 432 g/mol. The monoisotopic (exact) mass is 432 g/mol. The highest BCUT2D eigenvalue weighted by molar-refractivity contribution is 7.94. The van der Waals surface area contributed by atoms with Gasteiger partial charge in [0, 0.05) is 5.70 Å². The first-order chi connectivity index (χ1) is 14.2. The number of ether oxygens (including phenoxy) is 1. The number of hydrogen-bond donors (Lipinski definition) is 3. The van der Waals surface area contributed by atoms with Crippen LogP contribution < -0.4 is 20.7 Å². The number of nitrogens with one attached hydrogen (secondary N) is 3. The Kier molecular flexibility index (Phi) is 4.62. The maximum Gasteiger partial charge on any atom is 0.336 e. The zero-order valence-electron chi connectivity index (χ0n) is 15.5. The Morgan fingerprint density at radius 3 is 2.97 bits per heavy atom. The molecule has 10 nitrogen and oxygen atoms in total. The molecule has 3 heterocycles. The maximum absolute atomic E-state index is 14.3. The van der Waals surface area contributed by atoms with Crippen LogP contribution in [0.25, 0.3) is 0 Å². The predicted molar refractivity (Wildman–Crippen MR) is 99.9 cm³/mol. The summed E-state index contributed by atoms with van der Waals surface area (Å²) in [7, 11) is -4.28. The van der Waals surface area contributed by atoms with E-state index in [2.05, 4.69) is 16.0 Å². The fourth-order valence-corrected chi connectivity index (χ4v) is 5.05. The van der Waals surface area contributed by atoms with Crippen molar-refractivity contribution in [1.29, 1.82) is 5.26 Å². The second-order valence-corrected chi connectivity index (χ2v) is 8.50. The van der Waals surface area contributed by atoms with Gasteiger partial charge >= 0.3 is 6.03 Å². The summed E-state index contributed by atoms with van der Waals surface area (Å²) < 4.78 is 45.8. The van der Waals surface area contributed by atoms with Crippen LogP contribution in [0.2, 0.25) is 0 Å². The maximum atomic E-state index is 14.3. The standard InChI is InChI=1S/C18H15FN5O5S/c1-9-17-12(2-3-21-9)23-18(26)24(30(17,27)28)7-15(25)22-13-8-29-14-5-10(6-20)4-11(19)16(13)14/h2-5,13,21H,7-8H2,1H3,(H,22,25)(H,23,26)/t13-/m1/s1. The molecular weight excluding hydrogens is 417 g/mol. The van der Waals surface area contributed by atoms with Gasteiger partial charge in [0.25, 0.3) is 10.0 Å². The highest BCUT2D eigenvalue weighted by Crippen LogP contribution is 2.35. The van der Waals surface area contributed by atoms with Gasteiger partial charge in [-0.3, -0.25) is 4.79 Å². The molecule has 3 aliphatic heterocycles. The Labute approximate surface area is 171 Å². The van der Waals surface area contributed by atoms with E-state index < -0.39 is 40.4 Å². The van der Waals surface area contributed by atoms with Crippen LogP contribution in [0.4, 0.5) is 9.18 Å². The van der Waals surface area contributed by atoms with Gasteiger partial charge in [-0.15, -0.1) is 0 Å². The molecule has 1 atom stereocenters. The van der Waals surface area contributed by atoms with Crippen LogP contribution in [-0.4, -0.2) is 37.8 Å². The molecule has 3 amide bonds. The molecule has 0 bridgehead atoms. The van der Waals surface area contributed by atoms with E-state index in [1.165, 1.54) is 25.6 Å². The molecule has 1 fully saturated rings. The van der Waals surface area contributed by atoms with Gasteiger partial charge in [-0.25, -0.2) is 21.9 Å². The van der Waals surface area contributed by atoms with Gasteiger partial charge in [-0.1, -0.05) is 0 Å². The fraction of sp³-hybridized carbons (Fsp3) is 0.222. The van der Waals surface area contributed by atoms with Gasteiger partial charge in [0.15, 0.2) is 0 Å². The second kappa shape index (κ2) is 7.03. The Morgan fingerprint density at radius 1 is 1.47 bits per heavy atom. The quantitative estimate of drug-likeness (QED) is 0.631. The van der Waals surface area contributed by atoms with Crippen LogP contribution >= 0.6 is 0 Å². The summed E-state index contributed by atoms with van der Waals surface area (Å²) >= 11 is 0. The molecule has 0 aromatic heterocycles. The predicted octanol–water partition coefficient (Wildman–Crippen LogP) is 0.482. The minimum atomic E-state index is -4.28. The van der Waals surface area contributed by atoms with Gasteiger partial charge in [0.2, 0.25) is 5.91 Å². The van der Waals surface area contributed by atoms with Gasteiger partial charge in [0.05, 0.1) is 35.5 Å². The van der Waals surface area contributed by atoms with E-state index in [4.69, 9.17) is 10.00 Å². The number of sulfonamides is 1. The van der Waals surface area contributed by atoms with Crippen LogP contribution in [0.5, 0.6) is 5.75 Å². The third-order valence-electron chi connectivity index (χ3n) is 4.75. The lowest BCUT2D eigenvalue weighted by Crippen LogP contribution is -2.54. The van der Waals surface area contributed by atoms with Crippen molar-refractivity contribution in [3.8, 4) is 11.8 Å². The molecule has 0 aliphatic carbocycles. The summed E-state index contributed by atoms with van der Waals surface area (Å²) in [6, 6.07) is 2.31. The molecule has 0 spiro atoms. The number of urea groups is 1. The molecule has 1 aromatic rings. The van der Waals surface area contributed by atoms with E-state index in [9.17, 15) is 22.4 Å². The minimum Gasteiger partial charge on any atom is -0.491 e. The third-order valence-corrected chi connectivity index (χ3v) is 6.67. The van der Waals surface area contributed by atoms with Gasteiger partial charge < -0.3 is 20.7 Å². The lowest BCUT2D eigenvalue weighted by molar-refractivity contribution is -0.121. The van der Waals surface area contributed by atoms with Crippen molar-refractivity contribution in [2.45, 2.75) is 13.0 Å². The molecule has 1 saturated heterocycles. The summed E-state index contributed by atoms with van der Waals surface area (Å²) in [4.78, 5) is 24.7. The van der Waals surface area contributed by atoms with Crippen molar-refractivity contribution < 1.29 is 27.1 Å². The zero-order valence-corrected chi connectivity index (χ0v) is 16.3. The van der Waals surface area contributed by atoms with Gasteiger partial charge in [-0.2, -0.15) is 5.26 Å². The smallest absolute Gasteiger partial charge is 0.336 e. The average Bonchev–Trinajstić information content (AvgIpc) is 3.07.